The fourth-order valence-corrected chi connectivity index (χ4v) is 0.846. The number of aryl methyl sites for hydroxylation is 1. The second-order valence-electron chi connectivity index (χ2n) is 2.62. The summed E-state index contributed by atoms with van der Waals surface area (Å²) in [6.07, 6.45) is 1.67. The molecule has 3 N–H and O–H groups in total. The lowest BCUT2D eigenvalue weighted by Crippen LogP contribution is -2.30. The van der Waals surface area contributed by atoms with Gasteiger partial charge in [-0.1, -0.05) is 5.92 Å². The van der Waals surface area contributed by atoms with Crippen LogP contribution in [-0.2, 0) is 11.8 Å². The Bertz CT molecular complexity index is 372. The van der Waals surface area contributed by atoms with E-state index in [1.54, 1.807) is 16.9 Å². The number of carbonyl (C=O) groups is 1. The molecule has 0 aliphatic carbocycles. The lowest BCUT2D eigenvalue weighted by Gasteiger charge is -1.95. The van der Waals surface area contributed by atoms with Crippen molar-refractivity contribution in [1.29, 1.82) is 0 Å². The molecule has 0 radical (unpaired) electrons. The minimum atomic E-state index is -0.204. The van der Waals surface area contributed by atoms with Gasteiger partial charge in [0, 0.05) is 7.05 Å². The molecule has 0 spiro atoms. The van der Waals surface area contributed by atoms with Gasteiger partial charge in [0.25, 0.3) is 0 Å². The number of nitrogens with one attached hydrogen (secondary N) is 1. The van der Waals surface area contributed by atoms with Gasteiger partial charge in [0.15, 0.2) is 0 Å². The summed E-state index contributed by atoms with van der Waals surface area (Å²) >= 11 is 0. The number of hydrogen-bond donors (Lipinski definition) is 2. The average Bonchev–Trinajstić information content (AvgIpc) is 2.58. The summed E-state index contributed by atoms with van der Waals surface area (Å²) in [5.74, 6) is 5.46. The highest BCUT2D eigenvalue weighted by Gasteiger charge is 1.93. The molecule has 74 valence electrons. The van der Waals surface area contributed by atoms with Crippen molar-refractivity contribution < 1.29 is 4.79 Å². The zero-order chi connectivity index (χ0) is 10.4. The summed E-state index contributed by atoms with van der Waals surface area (Å²) in [6.45, 7) is 0.300. The zero-order valence-corrected chi connectivity index (χ0v) is 7.95. The van der Waals surface area contributed by atoms with Gasteiger partial charge in [0.1, 0.15) is 5.69 Å². The number of nitrogens with zero attached hydrogens (tertiary/aromatic N) is 2. The van der Waals surface area contributed by atoms with Crippen LogP contribution in [0.2, 0.25) is 0 Å². The monoisotopic (exact) mass is 192 g/mol. The normalized spacial score (nSPS) is 9.00. The van der Waals surface area contributed by atoms with Crippen LogP contribution in [0.15, 0.2) is 12.3 Å². The molecule has 0 saturated carbocycles. The van der Waals surface area contributed by atoms with Crippen LogP contribution in [0.1, 0.15) is 5.69 Å². The highest BCUT2D eigenvalue weighted by molar-refractivity contribution is 5.77. The van der Waals surface area contributed by atoms with Crippen LogP contribution >= 0.6 is 0 Å². The molecule has 1 aromatic rings. The predicted octanol–water partition coefficient (Wildman–Crippen LogP) is -1.15. The Morgan fingerprint density at radius 3 is 3.14 bits per heavy atom. The van der Waals surface area contributed by atoms with Crippen LogP contribution in [0.25, 0.3) is 0 Å². The third kappa shape index (κ3) is 2.92. The van der Waals surface area contributed by atoms with Crippen molar-refractivity contribution in [3.05, 3.63) is 18.0 Å². The Balaban J connectivity index is 2.42. The maximum Gasteiger partial charge on any atom is 0.234 e. The Morgan fingerprint density at radius 2 is 2.57 bits per heavy atom. The average molecular weight is 192 g/mol. The summed E-state index contributed by atoms with van der Waals surface area (Å²) in [5, 5.41) is 6.50. The molecule has 0 saturated heterocycles. The standard InChI is InChI=1S/C9H12N4O/c1-13-8(4-6-12-13)3-2-5-11-9(14)7-10/h4,6H,5,7,10H2,1H3,(H,11,14). The lowest BCUT2D eigenvalue weighted by molar-refractivity contribution is -0.119. The van der Waals surface area contributed by atoms with E-state index in [9.17, 15) is 4.79 Å². The quantitative estimate of drug-likeness (QED) is 0.581. The summed E-state index contributed by atoms with van der Waals surface area (Å²) in [4.78, 5) is 10.7. The van der Waals surface area contributed by atoms with Gasteiger partial charge in [0.2, 0.25) is 5.91 Å². The Labute approximate surface area is 82.3 Å². The van der Waals surface area contributed by atoms with Crippen molar-refractivity contribution in [2.45, 2.75) is 0 Å². The first kappa shape index (κ1) is 10.3. The number of amides is 1. The van der Waals surface area contributed by atoms with E-state index in [1.807, 2.05) is 7.05 Å². The highest BCUT2D eigenvalue weighted by atomic mass is 16.1. The number of nitrogens with two attached hydrogens (primary N) is 1. The maximum atomic E-state index is 10.7. The van der Waals surface area contributed by atoms with Gasteiger partial charge >= 0.3 is 0 Å². The van der Waals surface area contributed by atoms with Gasteiger partial charge in [-0.05, 0) is 12.0 Å². The van der Waals surface area contributed by atoms with Crippen LogP contribution in [-0.4, -0.2) is 28.8 Å². The van der Waals surface area contributed by atoms with Crippen LogP contribution in [0.5, 0.6) is 0 Å². The SMILES string of the molecule is Cn1nccc1C#CCNC(=O)CN. The maximum absolute atomic E-state index is 10.7. The van der Waals surface area contributed by atoms with Crippen molar-refractivity contribution in [2.75, 3.05) is 13.1 Å². The van der Waals surface area contributed by atoms with E-state index in [1.165, 1.54) is 0 Å². The van der Waals surface area contributed by atoms with Gasteiger partial charge in [-0.2, -0.15) is 5.10 Å². The molecule has 1 heterocycles. The molecule has 5 heteroatoms. The third-order valence-electron chi connectivity index (χ3n) is 1.60. The van der Waals surface area contributed by atoms with Crippen molar-refractivity contribution in [3.8, 4) is 11.8 Å². The predicted molar refractivity (Wildman–Crippen MR) is 52.2 cm³/mol. The van der Waals surface area contributed by atoms with Crippen LogP contribution < -0.4 is 11.1 Å². The Hall–Kier alpha value is -1.80. The molecule has 0 bridgehead atoms. The first-order valence-electron chi connectivity index (χ1n) is 4.17. The second kappa shape index (κ2) is 5.04. The van der Waals surface area contributed by atoms with Gasteiger partial charge in [0.05, 0.1) is 19.3 Å². The molecule has 14 heavy (non-hydrogen) atoms. The van der Waals surface area contributed by atoms with Crippen LogP contribution in [0.4, 0.5) is 0 Å². The van der Waals surface area contributed by atoms with E-state index < -0.39 is 0 Å². The van der Waals surface area contributed by atoms with Crippen molar-refractivity contribution in [2.24, 2.45) is 12.8 Å². The minimum absolute atomic E-state index is 0.00656. The second-order valence-corrected chi connectivity index (χ2v) is 2.62. The van der Waals surface area contributed by atoms with E-state index in [4.69, 9.17) is 5.73 Å². The van der Waals surface area contributed by atoms with Crippen molar-refractivity contribution in [1.82, 2.24) is 15.1 Å². The summed E-state index contributed by atoms with van der Waals surface area (Å²) in [5.41, 5.74) is 5.91. The van der Waals surface area contributed by atoms with Gasteiger partial charge in [-0.25, -0.2) is 0 Å². The van der Waals surface area contributed by atoms with Gasteiger partial charge in [-0.3, -0.25) is 9.48 Å². The highest BCUT2D eigenvalue weighted by Crippen LogP contribution is 1.91. The molecule has 1 rings (SSSR count). The fraction of sp³-hybridized carbons (Fsp3) is 0.333. The van der Waals surface area contributed by atoms with Crippen molar-refractivity contribution in [3.63, 3.8) is 0 Å². The molecule has 0 unspecified atom stereocenters. The Morgan fingerprint density at radius 1 is 1.79 bits per heavy atom. The molecule has 1 amide bonds. The molecular formula is C9H12N4O. The third-order valence-corrected chi connectivity index (χ3v) is 1.60. The smallest absolute Gasteiger partial charge is 0.234 e. The largest absolute Gasteiger partial charge is 0.344 e. The minimum Gasteiger partial charge on any atom is -0.344 e. The van der Waals surface area contributed by atoms with E-state index in [0.717, 1.165) is 5.69 Å². The van der Waals surface area contributed by atoms with Crippen molar-refractivity contribution >= 4 is 5.91 Å². The number of rotatable bonds is 2. The molecule has 0 aliphatic rings. The number of carbonyl (C=O) groups excluding carboxylic acids is 1. The number of hydrogen-bond acceptors (Lipinski definition) is 3. The molecule has 0 aromatic carbocycles. The first-order chi connectivity index (χ1) is 6.74. The zero-order valence-electron chi connectivity index (χ0n) is 7.95. The molecule has 1 aromatic heterocycles. The van der Waals surface area contributed by atoms with Crippen LogP contribution in [0.3, 0.4) is 0 Å². The molecule has 0 aliphatic heterocycles. The van der Waals surface area contributed by atoms with E-state index >= 15 is 0 Å². The van der Waals surface area contributed by atoms with Gasteiger partial charge < -0.3 is 11.1 Å². The first-order valence-corrected chi connectivity index (χ1v) is 4.17. The van der Waals surface area contributed by atoms with E-state index in [-0.39, 0.29) is 12.5 Å². The molecular weight excluding hydrogens is 180 g/mol. The van der Waals surface area contributed by atoms with Gasteiger partial charge in [-0.15, -0.1) is 0 Å². The van der Waals surface area contributed by atoms with E-state index in [0.29, 0.717) is 6.54 Å². The topological polar surface area (TPSA) is 72.9 Å². The molecule has 0 atom stereocenters. The fourth-order valence-electron chi connectivity index (χ4n) is 0.846. The molecule has 0 fully saturated rings. The summed E-state index contributed by atoms with van der Waals surface area (Å²) in [7, 11) is 1.81. The summed E-state index contributed by atoms with van der Waals surface area (Å²) < 4.78 is 1.66. The van der Waals surface area contributed by atoms with E-state index in [2.05, 4.69) is 22.3 Å². The Kier molecular flexibility index (Phi) is 3.70. The molecule has 5 nitrogen and oxygen atoms in total. The lowest BCUT2D eigenvalue weighted by atomic mass is 10.4. The number of aromatic nitrogens is 2. The van der Waals surface area contributed by atoms with Crippen LogP contribution in [0, 0.1) is 11.8 Å². The summed E-state index contributed by atoms with van der Waals surface area (Å²) in [6, 6.07) is 1.80.